The van der Waals surface area contributed by atoms with Crippen LogP contribution in [0.4, 0.5) is 11.4 Å². The van der Waals surface area contributed by atoms with E-state index in [1.54, 1.807) is 12.1 Å². The number of nitrogens with one attached hydrogen (secondary N) is 1. The van der Waals surface area contributed by atoms with Crippen molar-refractivity contribution in [3.63, 3.8) is 0 Å². The van der Waals surface area contributed by atoms with E-state index in [-0.39, 0.29) is 16.0 Å². The van der Waals surface area contributed by atoms with E-state index in [1.807, 2.05) is 0 Å². The van der Waals surface area contributed by atoms with Crippen molar-refractivity contribution in [1.29, 1.82) is 0 Å². The Bertz CT molecular complexity index is 560. The van der Waals surface area contributed by atoms with Gasteiger partial charge in [-0.3, -0.25) is 0 Å². The lowest BCUT2D eigenvalue weighted by molar-refractivity contribution is 0.390. The van der Waals surface area contributed by atoms with Crippen LogP contribution in [0, 0.1) is 5.41 Å². The normalized spacial score (nSPS) is 12.7. The maximum Gasteiger partial charge on any atom is 0.244 e. The largest absolute Gasteiger partial charge is 0.396 e. The minimum absolute atomic E-state index is 0.142. The van der Waals surface area contributed by atoms with Crippen molar-refractivity contribution in [3.8, 4) is 0 Å². The standard InChI is InChI=1S/C14H25N3O2S/c1-14(2,3)9-10-16-11-7-6-8-12(13(11)15)20(18,19)17(4)5/h6-8,16H,9-10,15H2,1-5H3. The Morgan fingerprint density at radius 1 is 1.25 bits per heavy atom. The lowest BCUT2D eigenvalue weighted by Crippen LogP contribution is -2.23. The third-order valence-corrected chi connectivity index (χ3v) is 4.89. The maximum atomic E-state index is 12.2. The fourth-order valence-corrected chi connectivity index (χ4v) is 2.72. The molecule has 0 aromatic heterocycles. The molecule has 0 unspecified atom stereocenters. The molecular weight excluding hydrogens is 274 g/mol. The van der Waals surface area contributed by atoms with E-state index in [4.69, 9.17) is 5.73 Å². The van der Waals surface area contributed by atoms with Gasteiger partial charge in [-0.15, -0.1) is 0 Å². The summed E-state index contributed by atoms with van der Waals surface area (Å²) in [5.41, 5.74) is 7.14. The smallest absolute Gasteiger partial charge is 0.244 e. The minimum atomic E-state index is -3.52. The molecule has 6 heteroatoms. The number of anilines is 2. The summed E-state index contributed by atoms with van der Waals surface area (Å²) in [5, 5.41) is 3.21. The number of rotatable bonds is 5. The fourth-order valence-electron chi connectivity index (χ4n) is 1.69. The monoisotopic (exact) mass is 299 g/mol. The molecule has 5 nitrogen and oxygen atoms in total. The molecule has 114 valence electrons. The molecule has 1 rings (SSSR count). The fraction of sp³-hybridized carbons (Fsp3) is 0.571. The van der Waals surface area contributed by atoms with Gasteiger partial charge in [0, 0.05) is 20.6 Å². The number of hydrogen-bond donors (Lipinski definition) is 2. The lowest BCUT2D eigenvalue weighted by atomic mass is 9.92. The van der Waals surface area contributed by atoms with Gasteiger partial charge in [0.2, 0.25) is 10.0 Å². The predicted molar refractivity (Wildman–Crippen MR) is 84.3 cm³/mol. The highest BCUT2D eigenvalue weighted by molar-refractivity contribution is 7.89. The first-order valence-corrected chi connectivity index (χ1v) is 8.04. The molecule has 0 amide bonds. The number of benzene rings is 1. The second kappa shape index (κ2) is 6.01. The van der Waals surface area contributed by atoms with Gasteiger partial charge in [0.15, 0.2) is 0 Å². The quantitative estimate of drug-likeness (QED) is 0.818. The molecule has 0 spiro atoms. The zero-order chi connectivity index (χ0) is 15.6. The van der Waals surface area contributed by atoms with Crippen molar-refractivity contribution >= 4 is 21.4 Å². The third kappa shape index (κ3) is 4.11. The summed E-state index contributed by atoms with van der Waals surface area (Å²) in [6.07, 6.45) is 0.969. The number of para-hydroxylation sites is 1. The molecule has 0 radical (unpaired) electrons. The van der Waals surface area contributed by atoms with Crippen molar-refractivity contribution in [2.24, 2.45) is 5.41 Å². The summed E-state index contributed by atoms with van der Waals surface area (Å²) in [6, 6.07) is 5.03. The summed E-state index contributed by atoms with van der Waals surface area (Å²) < 4.78 is 25.5. The number of sulfonamides is 1. The molecule has 0 saturated carbocycles. The lowest BCUT2D eigenvalue weighted by Gasteiger charge is -2.20. The Morgan fingerprint density at radius 3 is 2.35 bits per heavy atom. The van der Waals surface area contributed by atoms with Gasteiger partial charge in [0.25, 0.3) is 0 Å². The van der Waals surface area contributed by atoms with Crippen LogP contribution in [0.15, 0.2) is 23.1 Å². The van der Waals surface area contributed by atoms with Crippen LogP contribution in [0.2, 0.25) is 0 Å². The van der Waals surface area contributed by atoms with Crippen LogP contribution < -0.4 is 11.1 Å². The summed E-state index contributed by atoms with van der Waals surface area (Å²) in [7, 11) is -0.526. The van der Waals surface area contributed by atoms with Gasteiger partial charge in [0.05, 0.1) is 11.4 Å². The molecule has 0 fully saturated rings. The van der Waals surface area contributed by atoms with Crippen molar-refractivity contribution in [2.45, 2.75) is 32.1 Å². The second-order valence-electron chi connectivity index (χ2n) is 6.24. The van der Waals surface area contributed by atoms with Crippen molar-refractivity contribution in [3.05, 3.63) is 18.2 Å². The molecule has 0 saturated heterocycles. The molecule has 1 aromatic rings. The molecule has 0 aliphatic rings. The van der Waals surface area contributed by atoms with Gasteiger partial charge in [-0.1, -0.05) is 26.8 Å². The van der Waals surface area contributed by atoms with Gasteiger partial charge in [0.1, 0.15) is 4.90 Å². The number of nitrogens with two attached hydrogens (primary N) is 1. The van der Waals surface area contributed by atoms with Crippen LogP contribution in [0.5, 0.6) is 0 Å². The Hall–Kier alpha value is -1.27. The van der Waals surface area contributed by atoms with E-state index >= 15 is 0 Å². The molecule has 0 bridgehead atoms. The molecule has 0 aliphatic carbocycles. The minimum Gasteiger partial charge on any atom is -0.396 e. The van der Waals surface area contributed by atoms with E-state index in [0.717, 1.165) is 17.3 Å². The van der Waals surface area contributed by atoms with Crippen LogP contribution >= 0.6 is 0 Å². The van der Waals surface area contributed by atoms with Crippen molar-refractivity contribution < 1.29 is 8.42 Å². The Morgan fingerprint density at radius 2 is 1.85 bits per heavy atom. The van der Waals surface area contributed by atoms with Crippen LogP contribution in [0.25, 0.3) is 0 Å². The molecular formula is C14H25N3O2S. The highest BCUT2D eigenvalue weighted by Gasteiger charge is 2.21. The molecule has 0 aliphatic heterocycles. The summed E-state index contributed by atoms with van der Waals surface area (Å²) >= 11 is 0. The SMILES string of the molecule is CN(C)S(=O)(=O)c1cccc(NCCC(C)(C)C)c1N. The van der Waals surface area contributed by atoms with E-state index < -0.39 is 10.0 Å². The molecule has 3 N–H and O–H groups in total. The average molecular weight is 299 g/mol. The first-order chi connectivity index (χ1) is 9.05. The first-order valence-electron chi connectivity index (χ1n) is 6.60. The Labute approximate surface area is 122 Å². The second-order valence-corrected chi connectivity index (χ2v) is 8.36. The van der Waals surface area contributed by atoms with Gasteiger partial charge in [-0.25, -0.2) is 12.7 Å². The summed E-state index contributed by atoms with van der Waals surface area (Å²) in [5.74, 6) is 0. The third-order valence-electron chi connectivity index (χ3n) is 3.02. The summed E-state index contributed by atoms with van der Waals surface area (Å²) in [4.78, 5) is 0.142. The predicted octanol–water partition coefficient (Wildman–Crippen LogP) is 2.37. The summed E-state index contributed by atoms with van der Waals surface area (Å²) in [6.45, 7) is 7.22. The van der Waals surface area contributed by atoms with Crippen LogP contribution in [0.1, 0.15) is 27.2 Å². The van der Waals surface area contributed by atoms with Crippen LogP contribution in [-0.4, -0.2) is 33.4 Å². The average Bonchev–Trinajstić information content (AvgIpc) is 2.29. The highest BCUT2D eigenvalue weighted by atomic mass is 32.2. The first kappa shape index (κ1) is 16.8. The van der Waals surface area contributed by atoms with Gasteiger partial charge in [-0.05, 0) is 24.0 Å². The Kier molecular flexibility index (Phi) is 5.05. The highest BCUT2D eigenvalue weighted by Crippen LogP contribution is 2.28. The van der Waals surface area contributed by atoms with Crippen LogP contribution in [-0.2, 0) is 10.0 Å². The Balaban J connectivity index is 2.97. The van der Waals surface area contributed by atoms with Gasteiger partial charge < -0.3 is 11.1 Å². The maximum absolute atomic E-state index is 12.2. The zero-order valence-electron chi connectivity index (χ0n) is 12.9. The molecule has 0 heterocycles. The van der Waals surface area contributed by atoms with Gasteiger partial charge >= 0.3 is 0 Å². The number of nitrogen functional groups attached to an aromatic ring is 1. The van der Waals surface area contributed by atoms with Crippen molar-refractivity contribution in [1.82, 2.24) is 4.31 Å². The number of hydrogen-bond acceptors (Lipinski definition) is 4. The molecule has 20 heavy (non-hydrogen) atoms. The number of nitrogens with zero attached hydrogens (tertiary/aromatic N) is 1. The zero-order valence-corrected chi connectivity index (χ0v) is 13.7. The molecule has 1 aromatic carbocycles. The topological polar surface area (TPSA) is 75.4 Å². The van der Waals surface area contributed by atoms with E-state index in [2.05, 4.69) is 26.1 Å². The van der Waals surface area contributed by atoms with E-state index in [0.29, 0.717) is 5.69 Å². The van der Waals surface area contributed by atoms with Crippen LogP contribution in [0.3, 0.4) is 0 Å². The molecule has 0 atom stereocenters. The van der Waals surface area contributed by atoms with E-state index in [9.17, 15) is 8.42 Å². The van der Waals surface area contributed by atoms with Gasteiger partial charge in [-0.2, -0.15) is 0 Å². The van der Waals surface area contributed by atoms with E-state index in [1.165, 1.54) is 20.2 Å². The van der Waals surface area contributed by atoms with Crippen molar-refractivity contribution in [2.75, 3.05) is 31.7 Å².